The van der Waals surface area contributed by atoms with Gasteiger partial charge in [0.15, 0.2) is 5.13 Å². The summed E-state index contributed by atoms with van der Waals surface area (Å²) in [5.74, 6) is -0.189. The van der Waals surface area contributed by atoms with Crippen LogP contribution in [0.25, 0.3) is 10.2 Å². The number of nitrogens with zero attached hydrogens (tertiary/aromatic N) is 5. The molecule has 3 aromatic rings. The Balaban J connectivity index is 2.13. The number of likely N-dealkylation sites (N-methyl/N-ethyl adjacent to an activating group) is 1. The molecule has 0 bridgehead atoms. The second-order valence-corrected chi connectivity index (χ2v) is 8.32. The standard InChI is InChI=1S/C19H18ClN5O6S/c1-22(2)6-7-23(19-21-16-15(31-3)5-4-14(20)17(16)32-19)18(26)11-8-12(24(27)28)10-13(9-11)25(29)30/h4-5,8-10H,6-7H2,1-3H3. The lowest BCUT2D eigenvalue weighted by molar-refractivity contribution is -0.394. The second-order valence-electron chi connectivity index (χ2n) is 6.94. The number of benzene rings is 2. The fourth-order valence-electron chi connectivity index (χ4n) is 2.89. The lowest BCUT2D eigenvalue weighted by atomic mass is 10.1. The molecule has 0 aliphatic rings. The van der Waals surface area contributed by atoms with E-state index in [9.17, 15) is 25.0 Å². The van der Waals surface area contributed by atoms with E-state index in [1.54, 1.807) is 12.1 Å². The Bertz CT molecular complexity index is 1180. The molecule has 11 nitrogen and oxygen atoms in total. The number of rotatable bonds is 8. The molecule has 3 rings (SSSR count). The predicted molar refractivity (Wildman–Crippen MR) is 121 cm³/mol. The third-order valence-corrected chi connectivity index (χ3v) is 6.02. The van der Waals surface area contributed by atoms with Gasteiger partial charge in [0.1, 0.15) is 11.3 Å². The first-order chi connectivity index (χ1) is 15.1. The topological polar surface area (TPSA) is 132 Å². The molecular weight excluding hydrogens is 462 g/mol. The van der Waals surface area contributed by atoms with Gasteiger partial charge in [0.05, 0.1) is 38.3 Å². The van der Waals surface area contributed by atoms with Crippen LogP contribution >= 0.6 is 22.9 Å². The quantitative estimate of drug-likeness (QED) is 0.350. The van der Waals surface area contributed by atoms with Crippen molar-refractivity contribution in [1.82, 2.24) is 9.88 Å². The summed E-state index contributed by atoms with van der Waals surface area (Å²) >= 11 is 7.45. The van der Waals surface area contributed by atoms with Gasteiger partial charge in [0, 0.05) is 25.2 Å². The number of amides is 1. The highest BCUT2D eigenvalue weighted by Crippen LogP contribution is 2.39. The number of hydrogen-bond donors (Lipinski definition) is 0. The zero-order valence-electron chi connectivity index (χ0n) is 17.3. The Hall–Kier alpha value is -3.35. The Labute approximate surface area is 191 Å². The highest BCUT2D eigenvalue weighted by molar-refractivity contribution is 7.23. The van der Waals surface area contributed by atoms with Crippen LogP contribution < -0.4 is 9.64 Å². The molecule has 13 heteroatoms. The molecule has 0 unspecified atom stereocenters. The summed E-state index contributed by atoms with van der Waals surface area (Å²) in [6.07, 6.45) is 0. The number of carbonyl (C=O) groups excluding carboxylic acids is 1. The first kappa shape index (κ1) is 23.3. The molecule has 168 valence electrons. The summed E-state index contributed by atoms with van der Waals surface area (Å²) < 4.78 is 5.93. The first-order valence-electron chi connectivity index (χ1n) is 9.16. The van der Waals surface area contributed by atoms with Crippen molar-refractivity contribution >= 4 is 55.6 Å². The molecule has 0 aliphatic carbocycles. The number of non-ortho nitro benzene ring substituents is 2. The average Bonchev–Trinajstić information content (AvgIpc) is 3.19. The summed E-state index contributed by atoms with van der Waals surface area (Å²) in [7, 11) is 5.12. The normalized spacial score (nSPS) is 11.0. The van der Waals surface area contributed by atoms with E-state index in [1.807, 2.05) is 19.0 Å². The van der Waals surface area contributed by atoms with Gasteiger partial charge in [-0.3, -0.25) is 29.9 Å². The Kier molecular flexibility index (Phi) is 6.87. The zero-order valence-corrected chi connectivity index (χ0v) is 18.8. The molecule has 0 aliphatic heterocycles. The van der Waals surface area contributed by atoms with E-state index in [2.05, 4.69) is 4.98 Å². The summed E-state index contributed by atoms with van der Waals surface area (Å²) in [6, 6.07) is 6.14. The van der Waals surface area contributed by atoms with Crippen molar-refractivity contribution < 1.29 is 19.4 Å². The van der Waals surface area contributed by atoms with E-state index in [0.717, 1.165) is 29.5 Å². The van der Waals surface area contributed by atoms with Crippen molar-refractivity contribution in [3.8, 4) is 5.75 Å². The van der Waals surface area contributed by atoms with Crippen LogP contribution in [0.4, 0.5) is 16.5 Å². The highest BCUT2D eigenvalue weighted by Gasteiger charge is 2.27. The molecule has 0 radical (unpaired) electrons. The van der Waals surface area contributed by atoms with Crippen LogP contribution in [-0.2, 0) is 0 Å². The van der Waals surface area contributed by atoms with Crippen LogP contribution in [0.5, 0.6) is 5.75 Å². The van der Waals surface area contributed by atoms with E-state index in [4.69, 9.17) is 16.3 Å². The maximum atomic E-state index is 13.4. The van der Waals surface area contributed by atoms with Gasteiger partial charge in [-0.15, -0.1) is 0 Å². The van der Waals surface area contributed by atoms with E-state index < -0.39 is 27.1 Å². The summed E-state index contributed by atoms with van der Waals surface area (Å²) in [5, 5.41) is 23.2. The van der Waals surface area contributed by atoms with Gasteiger partial charge in [0.25, 0.3) is 17.3 Å². The monoisotopic (exact) mass is 479 g/mol. The van der Waals surface area contributed by atoms with Crippen molar-refractivity contribution in [3.05, 3.63) is 61.1 Å². The van der Waals surface area contributed by atoms with Gasteiger partial charge in [-0.05, 0) is 26.2 Å². The first-order valence-corrected chi connectivity index (χ1v) is 10.3. The van der Waals surface area contributed by atoms with Crippen LogP contribution in [0.3, 0.4) is 0 Å². The number of carbonyl (C=O) groups is 1. The van der Waals surface area contributed by atoms with Gasteiger partial charge in [-0.1, -0.05) is 22.9 Å². The number of halogens is 1. The van der Waals surface area contributed by atoms with E-state index >= 15 is 0 Å². The number of hydrogen-bond acceptors (Lipinski definition) is 9. The van der Waals surface area contributed by atoms with Crippen molar-refractivity contribution in [2.75, 3.05) is 39.2 Å². The molecule has 32 heavy (non-hydrogen) atoms. The minimum absolute atomic E-state index is 0.183. The minimum Gasteiger partial charge on any atom is -0.494 e. The number of nitro benzene ring substituents is 2. The average molecular weight is 480 g/mol. The molecule has 0 N–H and O–H groups in total. The van der Waals surface area contributed by atoms with Gasteiger partial charge in [-0.2, -0.15) is 0 Å². The Morgan fingerprint density at radius 2 is 1.75 bits per heavy atom. The van der Waals surface area contributed by atoms with Gasteiger partial charge in [-0.25, -0.2) is 4.98 Å². The van der Waals surface area contributed by atoms with Crippen LogP contribution in [0.2, 0.25) is 5.02 Å². The summed E-state index contributed by atoms with van der Waals surface area (Å²) in [4.78, 5) is 42.0. The van der Waals surface area contributed by atoms with Crippen molar-refractivity contribution in [3.63, 3.8) is 0 Å². The minimum atomic E-state index is -0.781. The molecule has 1 aromatic heterocycles. The molecule has 1 heterocycles. The number of ether oxygens (including phenoxy) is 1. The van der Waals surface area contributed by atoms with Crippen molar-refractivity contribution in [2.45, 2.75) is 0 Å². The number of nitro groups is 2. The Morgan fingerprint density at radius 1 is 1.12 bits per heavy atom. The smallest absolute Gasteiger partial charge is 0.277 e. The van der Waals surface area contributed by atoms with Gasteiger partial charge < -0.3 is 9.64 Å². The number of anilines is 1. The van der Waals surface area contributed by atoms with E-state index in [0.29, 0.717) is 27.5 Å². The molecule has 0 saturated heterocycles. The fourth-order valence-corrected chi connectivity index (χ4v) is 4.17. The summed E-state index contributed by atoms with van der Waals surface area (Å²) in [6.45, 7) is 0.631. The van der Waals surface area contributed by atoms with Crippen LogP contribution in [0.1, 0.15) is 10.4 Å². The van der Waals surface area contributed by atoms with Crippen LogP contribution in [0, 0.1) is 20.2 Å². The molecule has 0 spiro atoms. The van der Waals surface area contributed by atoms with Gasteiger partial charge in [0.2, 0.25) is 0 Å². The molecule has 0 saturated carbocycles. The Morgan fingerprint density at radius 3 is 2.28 bits per heavy atom. The van der Waals surface area contributed by atoms with E-state index in [1.165, 1.54) is 12.0 Å². The number of methoxy groups -OCH3 is 1. The zero-order chi connectivity index (χ0) is 23.6. The van der Waals surface area contributed by atoms with Gasteiger partial charge >= 0.3 is 0 Å². The maximum absolute atomic E-state index is 13.4. The third-order valence-electron chi connectivity index (χ3n) is 4.49. The molecule has 1 amide bonds. The molecule has 2 aromatic carbocycles. The third kappa shape index (κ3) is 4.77. The lowest BCUT2D eigenvalue weighted by Gasteiger charge is -2.22. The molecule has 0 atom stereocenters. The van der Waals surface area contributed by atoms with Crippen LogP contribution in [-0.4, -0.2) is 59.9 Å². The predicted octanol–water partition coefficient (Wildman–Crippen LogP) is 3.98. The second kappa shape index (κ2) is 9.42. The lowest BCUT2D eigenvalue weighted by Crippen LogP contribution is -2.36. The molecule has 0 fully saturated rings. The number of fused-ring (bicyclic) bond motifs is 1. The largest absolute Gasteiger partial charge is 0.494 e. The number of thiazole rings is 1. The fraction of sp³-hybridized carbons (Fsp3) is 0.263. The SMILES string of the molecule is COc1ccc(Cl)c2sc(N(CCN(C)C)C(=O)c3cc([N+](=O)[O-])cc([N+](=O)[O-])c3)nc12. The van der Waals surface area contributed by atoms with E-state index in [-0.39, 0.29) is 17.2 Å². The van der Waals surface area contributed by atoms with Crippen molar-refractivity contribution in [2.24, 2.45) is 0 Å². The van der Waals surface area contributed by atoms with Crippen LogP contribution in [0.15, 0.2) is 30.3 Å². The number of aromatic nitrogens is 1. The summed E-state index contributed by atoms with van der Waals surface area (Å²) in [5.41, 5.74) is -0.831. The maximum Gasteiger partial charge on any atom is 0.277 e. The molecular formula is C19H18ClN5O6S. The highest BCUT2D eigenvalue weighted by atomic mass is 35.5. The van der Waals surface area contributed by atoms with Crippen molar-refractivity contribution in [1.29, 1.82) is 0 Å².